The van der Waals surface area contributed by atoms with Crippen LogP contribution in [0.15, 0.2) is 24.3 Å². The van der Waals surface area contributed by atoms with Crippen molar-refractivity contribution in [3.05, 3.63) is 34.9 Å². The fraction of sp³-hybridized carbons (Fsp3) is 0.571. The van der Waals surface area contributed by atoms with Crippen molar-refractivity contribution in [2.24, 2.45) is 0 Å². The molecule has 1 aromatic carbocycles. The highest BCUT2D eigenvalue weighted by atomic mass is 35.5. The minimum absolute atomic E-state index is 0.581. The smallest absolute Gasteiger partial charge is 0.0406 e. The van der Waals surface area contributed by atoms with Gasteiger partial charge in [-0.15, -0.1) is 0 Å². The first-order valence-electron chi connectivity index (χ1n) is 6.31. The summed E-state index contributed by atoms with van der Waals surface area (Å²) in [6.45, 7) is 4.77. The molecule has 0 aliphatic carbocycles. The normalized spacial score (nSPS) is 19.6. The van der Waals surface area contributed by atoms with Crippen LogP contribution in [0.2, 0.25) is 5.02 Å². The monoisotopic (exact) mass is 237 g/mol. The van der Waals surface area contributed by atoms with Crippen LogP contribution in [-0.4, -0.2) is 18.0 Å². The van der Waals surface area contributed by atoms with Gasteiger partial charge < -0.3 is 0 Å². The van der Waals surface area contributed by atoms with Crippen LogP contribution in [-0.2, 0) is 0 Å². The van der Waals surface area contributed by atoms with Crippen molar-refractivity contribution in [2.75, 3.05) is 13.1 Å². The van der Waals surface area contributed by atoms with E-state index in [1.54, 1.807) is 0 Å². The molecule has 1 aromatic rings. The quantitative estimate of drug-likeness (QED) is 0.759. The highest BCUT2D eigenvalue weighted by Crippen LogP contribution is 2.28. The molecule has 0 bridgehead atoms. The van der Waals surface area contributed by atoms with Gasteiger partial charge in [-0.2, -0.15) is 0 Å². The Morgan fingerprint density at radius 3 is 2.31 bits per heavy atom. The van der Waals surface area contributed by atoms with E-state index in [0.717, 1.165) is 5.02 Å². The fourth-order valence-electron chi connectivity index (χ4n) is 2.62. The molecule has 1 heterocycles. The number of piperidine rings is 1. The molecule has 0 aromatic heterocycles. The predicted molar refractivity (Wildman–Crippen MR) is 69.9 cm³/mol. The molecule has 1 aliphatic heterocycles. The largest absolute Gasteiger partial charge is 0.296 e. The molecular formula is C14H20ClN. The molecule has 2 heteroatoms. The second-order valence-electron chi connectivity index (χ2n) is 4.57. The van der Waals surface area contributed by atoms with Gasteiger partial charge in [-0.1, -0.05) is 37.1 Å². The van der Waals surface area contributed by atoms with Gasteiger partial charge in [0.15, 0.2) is 0 Å². The van der Waals surface area contributed by atoms with Gasteiger partial charge >= 0.3 is 0 Å². The second kappa shape index (κ2) is 5.70. The maximum absolute atomic E-state index is 5.93. The van der Waals surface area contributed by atoms with Gasteiger partial charge in [0.25, 0.3) is 0 Å². The molecule has 1 atom stereocenters. The van der Waals surface area contributed by atoms with E-state index >= 15 is 0 Å². The molecule has 0 amide bonds. The number of rotatable bonds is 3. The summed E-state index contributed by atoms with van der Waals surface area (Å²) in [6.07, 6.45) is 5.28. The summed E-state index contributed by atoms with van der Waals surface area (Å²) in [5.74, 6) is 0. The van der Waals surface area contributed by atoms with Crippen molar-refractivity contribution >= 4 is 11.6 Å². The summed E-state index contributed by atoms with van der Waals surface area (Å²) >= 11 is 5.93. The molecule has 1 saturated heterocycles. The van der Waals surface area contributed by atoms with Gasteiger partial charge in [0.05, 0.1) is 0 Å². The van der Waals surface area contributed by atoms with Crippen molar-refractivity contribution in [1.29, 1.82) is 0 Å². The van der Waals surface area contributed by atoms with Gasteiger partial charge in [-0.05, 0) is 50.0 Å². The van der Waals surface area contributed by atoms with Crippen molar-refractivity contribution in [3.63, 3.8) is 0 Å². The molecule has 1 nitrogen and oxygen atoms in total. The zero-order chi connectivity index (χ0) is 11.4. The SMILES string of the molecule is CCC(c1ccc(Cl)cc1)N1CCCCC1. The first-order valence-corrected chi connectivity index (χ1v) is 6.68. The van der Waals surface area contributed by atoms with Gasteiger partial charge in [0.1, 0.15) is 0 Å². The number of likely N-dealkylation sites (tertiary alicyclic amines) is 1. The Morgan fingerprint density at radius 1 is 1.12 bits per heavy atom. The summed E-state index contributed by atoms with van der Waals surface area (Å²) in [4.78, 5) is 2.62. The summed E-state index contributed by atoms with van der Waals surface area (Å²) in [5, 5.41) is 0.831. The van der Waals surface area contributed by atoms with E-state index in [4.69, 9.17) is 11.6 Å². The van der Waals surface area contributed by atoms with Crippen LogP contribution in [0, 0.1) is 0 Å². The molecule has 1 unspecified atom stereocenters. The van der Waals surface area contributed by atoms with Crippen molar-refractivity contribution in [3.8, 4) is 0 Å². The van der Waals surface area contributed by atoms with E-state index in [9.17, 15) is 0 Å². The number of hydrogen-bond donors (Lipinski definition) is 0. The first-order chi connectivity index (χ1) is 7.81. The Labute approximate surface area is 103 Å². The van der Waals surface area contributed by atoms with Crippen LogP contribution in [0.1, 0.15) is 44.2 Å². The molecule has 88 valence electrons. The van der Waals surface area contributed by atoms with Crippen LogP contribution in [0.4, 0.5) is 0 Å². The van der Waals surface area contributed by atoms with E-state index in [1.165, 1.54) is 44.3 Å². The van der Waals surface area contributed by atoms with Crippen molar-refractivity contribution in [2.45, 2.75) is 38.6 Å². The Kier molecular flexibility index (Phi) is 4.25. The maximum atomic E-state index is 5.93. The summed E-state index contributed by atoms with van der Waals surface area (Å²) in [5.41, 5.74) is 1.41. The summed E-state index contributed by atoms with van der Waals surface area (Å²) < 4.78 is 0. The maximum Gasteiger partial charge on any atom is 0.0406 e. The lowest BCUT2D eigenvalue weighted by Crippen LogP contribution is -2.33. The standard InChI is InChI=1S/C14H20ClN/c1-2-14(16-10-4-3-5-11-16)12-6-8-13(15)9-7-12/h6-9,14H,2-5,10-11H2,1H3. The lowest BCUT2D eigenvalue weighted by Gasteiger charge is -2.34. The van der Waals surface area contributed by atoms with Crippen LogP contribution >= 0.6 is 11.6 Å². The van der Waals surface area contributed by atoms with E-state index in [1.807, 2.05) is 12.1 Å². The third kappa shape index (κ3) is 2.78. The summed E-state index contributed by atoms with van der Waals surface area (Å²) in [7, 11) is 0. The van der Waals surface area contributed by atoms with E-state index in [-0.39, 0.29) is 0 Å². The number of nitrogens with zero attached hydrogens (tertiary/aromatic N) is 1. The molecule has 1 aliphatic rings. The fourth-order valence-corrected chi connectivity index (χ4v) is 2.75. The highest BCUT2D eigenvalue weighted by Gasteiger charge is 2.20. The lowest BCUT2D eigenvalue weighted by atomic mass is 10.00. The van der Waals surface area contributed by atoms with Crippen molar-refractivity contribution in [1.82, 2.24) is 4.90 Å². The zero-order valence-electron chi connectivity index (χ0n) is 9.95. The molecule has 0 saturated carbocycles. The lowest BCUT2D eigenvalue weighted by molar-refractivity contribution is 0.159. The number of benzene rings is 1. The Hall–Kier alpha value is -0.530. The zero-order valence-corrected chi connectivity index (χ0v) is 10.7. The van der Waals surface area contributed by atoms with Crippen LogP contribution in [0.25, 0.3) is 0 Å². The van der Waals surface area contributed by atoms with E-state index in [2.05, 4.69) is 24.0 Å². The molecule has 16 heavy (non-hydrogen) atoms. The topological polar surface area (TPSA) is 3.24 Å². The van der Waals surface area contributed by atoms with Crippen LogP contribution in [0.5, 0.6) is 0 Å². The Balaban J connectivity index is 2.11. The molecular weight excluding hydrogens is 218 g/mol. The van der Waals surface area contributed by atoms with E-state index in [0.29, 0.717) is 6.04 Å². The van der Waals surface area contributed by atoms with Gasteiger partial charge in [-0.3, -0.25) is 4.90 Å². The van der Waals surface area contributed by atoms with Crippen LogP contribution in [0.3, 0.4) is 0 Å². The van der Waals surface area contributed by atoms with Gasteiger partial charge in [0, 0.05) is 11.1 Å². The average molecular weight is 238 g/mol. The van der Waals surface area contributed by atoms with Gasteiger partial charge in [-0.25, -0.2) is 0 Å². The highest BCUT2D eigenvalue weighted by molar-refractivity contribution is 6.30. The molecule has 1 fully saturated rings. The van der Waals surface area contributed by atoms with Gasteiger partial charge in [0.2, 0.25) is 0 Å². The number of hydrogen-bond acceptors (Lipinski definition) is 1. The Morgan fingerprint density at radius 2 is 1.75 bits per heavy atom. The molecule has 0 spiro atoms. The average Bonchev–Trinajstić information content (AvgIpc) is 2.34. The minimum atomic E-state index is 0.581. The number of halogens is 1. The van der Waals surface area contributed by atoms with Crippen LogP contribution < -0.4 is 0 Å². The molecule has 2 rings (SSSR count). The Bertz CT molecular complexity index is 314. The minimum Gasteiger partial charge on any atom is -0.296 e. The third-order valence-electron chi connectivity index (χ3n) is 3.47. The molecule has 0 N–H and O–H groups in total. The molecule has 0 radical (unpaired) electrons. The summed E-state index contributed by atoms with van der Waals surface area (Å²) in [6, 6.07) is 8.93. The first kappa shape index (κ1) is 11.9. The van der Waals surface area contributed by atoms with E-state index < -0.39 is 0 Å². The van der Waals surface area contributed by atoms with Crippen molar-refractivity contribution < 1.29 is 0 Å². The predicted octanol–water partition coefficient (Wildman–Crippen LogP) is 4.28. The second-order valence-corrected chi connectivity index (χ2v) is 5.01. The third-order valence-corrected chi connectivity index (χ3v) is 3.72.